The molecular weight excluding hydrogens is 256 g/mol. The lowest BCUT2D eigenvalue weighted by molar-refractivity contribution is 0.0651. The lowest BCUT2D eigenvalue weighted by atomic mass is 9.89. The number of carbonyl (C=O) groups excluding carboxylic acids is 1. The first-order valence-corrected chi connectivity index (χ1v) is 8.25. The molecule has 3 heterocycles. The van der Waals surface area contributed by atoms with Crippen molar-refractivity contribution in [2.75, 3.05) is 19.6 Å². The zero-order chi connectivity index (χ0) is 13.2. The highest BCUT2D eigenvalue weighted by atomic mass is 32.1. The van der Waals surface area contributed by atoms with Gasteiger partial charge in [-0.25, -0.2) is 0 Å². The number of hydrogen-bond donors (Lipinski definition) is 1. The number of rotatable bonds is 2. The van der Waals surface area contributed by atoms with Crippen LogP contribution in [0.3, 0.4) is 0 Å². The van der Waals surface area contributed by atoms with E-state index < -0.39 is 0 Å². The Morgan fingerprint density at radius 1 is 1.37 bits per heavy atom. The SMILES string of the molecule is Cc1cscc1C(=O)N1CCCC(C2CCCN2)C1. The molecule has 3 rings (SSSR count). The number of piperidine rings is 1. The van der Waals surface area contributed by atoms with Gasteiger partial charge in [0.15, 0.2) is 0 Å². The van der Waals surface area contributed by atoms with Crippen LogP contribution >= 0.6 is 11.3 Å². The largest absolute Gasteiger partial charge is 0.338 e. The maximum absolute atomic E-state index is 12.6. The van der Waals surface area contributed by atoms with E-state index in [1.54, 1.807) is 11.3 Å². The third-order valence-corrected chi connectivity index (χ3v) is 5.36. The van der Waals surface area contributed by atoms with E-state index in [-0.39, 0.29) is 5.91 Å². The molecule has 2 aliphatic rings. The van der Waals surface area contributed by atoms with Crippen molar-refractivity contribution in [2.45, 2.75) is 38.6 Å². The Bertz CT molecular complexity index is 451. The standard InChI is InChI=1S/C15H22N2OS/c1-11-9-19-10-13(11)15(18)17-7-3-4-12(8-17)14-5-2-6-16-14/h9-10,12,14,16H,2-8H2,1H3. The third kappa shape index (κ3) is 2.70. The number of hydrogen-bond acceptors (Lipinski definition) is 3. The Kier molecular flexibility index (Phi) is 3.89. The van der Waals surface area contributed by atoms with E-state index in [1.807, 2.05) is 12.3 Å². The summed E-state index contributed by atoms with van der Waals surface area (Å²) in [5, 5.41) is 7.65. The number of nitrogens with one attached hydrogen (secondary N) is 1. The average Bonchev–Trinajstić information content (AvgIpc) is 3.09. The van der Waals surface area contributed by atoms with Crippen LogP contribution in [-0.4, -0.2) is 36.5 Å². The van der Waals surface area contributed by atoms with Crippen molar-refractivity contribution in [1.82, 2.24) is 10.2 Å². The molecule has 2 saturated heterocycles. The van der Waals surface area contributed by atoms with Crippen LogP contribution in [0.2, 0.25) is 0 Å². The molecule has 104 valence electrons. The number of amides is 1. The summed E-state index contributed by atoms with van der Waals surface area (Å²) in [6.45, 7) is 5.05. The first kappa shape index (κ1) is 13.1. The molecule has 2 aliphatic heterocycles. The van der Waals surface area contributed by atoms with Crippen molar-refractivity contribution in [3.8, 4) is 0 Å². The van der Waals surface area contributed by atoms with Crippen LogP contribution in [0.1, 0.15) is 41.6 Å². The molecule has 0 spiro atoms. The molecule has 2 atom stereocenters. The van der Waals surface area contributed by atoms with Gasteiger partial charge < -0.3 is 10.2 Å². The third-order valence-electron chi connectivity index (χ3n) is 4.50. The second kappa shape index (κ2) is 5.63. The summed E-state index contributed by atoms with van der Waals surface area (Å²) in [5.74, 6) is 0.889. The van der Waals surface area contributed by atoms with Crippen LogP contribution in [0.5, 0.6) is 0 Å². The molecule has 0 aliphatic carbocycles. The van der Waals surface area contributed by atoms with Gasteiger partial charge in [0.2, 0.25) is 0 Å². The summed E-state index contributed by atoms with van der Waals surface area (Å²) in [4.78, 5) is 14.6. The summed E-state index contributed by atoms with van der Waals surface area (Å²) in [6, 6.07) is 0.638. The highest BCUT2D eigenvalue weighted by Gasteiger charge is 2.31. The fourth-order valence-electron chi connectivity index (χ4n) is 3.39. The number of likely N-dealkylation sites (tertiary alicyclic amines) is 1. The molecule has 0 radical (unpaired) electrons. The molecule has 1 aromatic heterocycles. The van der Waals surface area contributed by atoms with Gasteiger partial charge in [0.25, 0.3) is 5.91 Å². The van der Waals surface area contributed by atoms with E-state index in [1.165, 1.54) is 19.3 Å². The predicted molar refractivity (Wildman–Crippen MR) is 78.7 cm³/mol. The van der Waals surface area contributed by atoms with Gasteiger partial charge in [-0.2, -0.15) is 11.3 Å². The van der Waals surface area contributed by atoms with Crippen LogP contribution in [0.15, 0.2) is 10.8 Å². The smallest absolute Gasteiger partial charge is 0.254 e. The zero-order valence-electron chi connectivity index (χ0n) is 11.5. The van der Waals surface area contributed by atoms with Crippen LogP contribution in [0, 0.1) is 12.8 Å². The molecule has 19 heavy (non-hydrogen) atoms. The molecule has 2 unspecified atom stereocenters. The Hall–Kier alpha value is -0.870. The van der Waals surface area contributed by atoms with Crippen molar-refractivity contribution in [3.05, 3.63) is 21.9 Å². The van der Waals surface area contributed by atoms with Crippen LogP contribution in [0.4, 0.5) is 0 Å². The van der Waals surface area contributed by atoms with Crippen molar-refractivity contribution in [2.24, 2.45) is 5.92 Å². The van der Waals surface area contributed by atoms with E-state index in [0.717, 1.165) is 37.2 Å². The van der Waals surface area contributed by atoms with E-state index in [0.29, 0.717) is 12.0 Å². The zero-order valence-corrected chi connectivity index (χ0v) is 12.3. The molecular formula is C15H22N2OS. The maximum Gasteiger partial charge on any atom is 0.254 e. The van der Waals surface area contributed by atoms with Gasteiger partial charge in [-0.1, -0.05) is 0 Å². The Morgan fingerprint density at radius 3 is 2.95 bits per heavy atom. The van der Waals surface area contributed by atoms with Gasteiger partial charge in [0.1, 0.15) is 0 Å². The lowest BCUT2D eigenvalue weighted by Crippen LogP contribution is -2.45. The summed E-state index contributed by atoms with van der Waals surface area (Å²) < 4.78 is 0. The van der Waals surface area contributed by atoms with Crippen molar-refractivity contribution < 1.29 is 4.79 Å². The van der Waals surface area contributed by atoms with E-state index >= 15 is 0 Å². The minimum absolute atomic E-state index is 0.237. The number of thiophene rings is 1. The monoisotopic (exact) mass is 278 g/mol. The quantitative estimate of drug-likeness (QED) is 0.902. The Balaban J connectivity index is 1.67. The van der Waals surface area contributed by atoms with E-state index in [2.05, 4.69) is 15.6 Å². The minimum Gasteiger partial charge on any atom is -0.338 e. The Labute approximate surface area is 119 Å². The molecule has 3 nitrogen and oxygen atoms in total. The first-order valence-electron chi connectivity index (χ1n) is 7.31. The summed E-state index contributed by atoms with van der Waals surface area (Å²) in [6.07, 6.45) is 4.99. The van der Waals surface area contributed by atoms with Crippen molar-refractivity contribution in [3.63, 3.8) is 0 Å². The molecule has 0 bridgehead atoms. The summed E-state index contributed by atoms with van der Waals surface area (Å²) >= 11 is 1.62. The molecule has 1 aromatic rings. The van der Waals surface area contributed by atoms with Gasteiger partial charge in [0.05, 0.1) is 5.56 Å². The highest BCUT2D eigenvalue weighted by Crippen LogP contribution is 2.26. The van der Waals surface area contributed by atoms with Crippen molar-refractivity contribution in [1.29, 1.82) is 0 Å². The fourth-order valence-corrected chi connectivity index (χ4v) is 4.21. The van der Waals surface area contributed by atoms with Crippen LogP contribution in [0.25, 0.3) is 0 Å². The van der Waals surface area contributed by atoms with Gasteiger partial charge in [-0.3, -0.25) is 4.79 Å². The highest BCUT2D eigenvalue weighted by molar-refractivity contribution is 7.08. The Morgan fingerprint density at radius 2 is 2.26 bits per heavy atom. The average molecular weight is 278 g/mol. The normalized spacial score (nSPS) is 27.7. The second-order valence-corrected chi connectivity index (χ2v) is 6.57. The molecule has 0 saturated carbocycles. The number of aryl methyl sites for hydroxylation is 1. The molecule has 1 amide bonds. The molecule has 4 heteroatoms. The topological polar surface area (TPSA) is 32.3 Å². The van der Waals surface area contributed by atoms with Crippen LogP contribution < -0.4 is 5.32 Å². The fraction of sp³-hybridized carbons (Fsp3) is 0.667. The molecule has 1 N–H and O–H groups in total. The molecule has 0 aromatic carbocycles. The number of nitrogens with zero attached hydrogens (tertiary/aromatic N) is 1. The van der Waals surface area contributed by atoms with Crippen LogP contribution in [-0.2, 0) is 0 Å². The minimum atomic E-state index is 0.237. The summed E-state index contributed by atoms with van der Waals surface area (Å²) in [7, 11) is 0. The van der Waals surface area contributed by atoms with Gasteiger partial charge in [0, 0.05) is 24.5 Å². The second-order valence-electron chi connectivity index (χ2n) is 5.82. The van der Waals surface area contributed by atoms with E-state index in [4.69, 9.17) is 0 Å². The van der Waals surface area contributed by atoms with Gasteiger partial charge in [-0.15, -0.1) is 0 Å². The first-order chi connectivity index (χ1) is 9.25. The van der Waals surface area contributed by atoms with Gasteiger partial charge in [-0.05, 0) is 56.0 Å². The maximum atomic E-state index is 12.6. The molecule has 2 fully saturated rings. The van der Waals surface area contributed by atoms with Crippen molar-refractivity contribution >= 4 is 17.2 Å². The number of carbonyl (C=O) groups is 1. The summed E-state index contributed by atoms with van der Waals surface area (Å²) in [5.41, 5.74) is 2.03. The lowest BCUT2D eigenvalue weighted by Gasteiger charge is -2.35. The van der Waals surface area contributed by atoms with E-state index in [9.17, 15) is 4.79 Å². The predicted octanol–water partition coefficient (Wildman–Crippen LogP) is 2.66. The van der Waals surface area contributed by atoms with Gasteiger partial charge >= 0.3 is 0 Å².